The van der Waals surface area contributed by atoms with E-state index in [2.05, 4.69) is 0 Å². The topological polar surface area (TPSA) is 76.7 Å². The van der Waals surface area contributed by atoms with Gasteiger partial charge in [-0.15, -0.1) is 0 Å². The van der Waals surface area contributed by atoms with Crippen LogP contribution in [-0.4, -0.2) is 38.3 Å². The number of hydrogen-bond donors (Lipinski definition) is 1. The van der Waals surface area contributed by atoms with Crippen LogP contribution in [0.25, 0.3) is 21.8 Å². The minimum Gasteiger partial charge on any atom is -0.497 e. The quantitative estimate of drug-likeness (QED) is 0.240. The van der Waals surface area contributed by atoms with E-state index in [0.29, 0.717) is 43.6 Å². The number of nitrogens with zero attached hydrogens (tertiary/aromatic N) is 3. The Morgan fingerprint density at radius 3 is 2.50 bits per heavy atom. The largest absolute Gasteiger partial charge is 0.497 e. The molecule has 0 saturated carbocycles. The van der Waals surface area contributed by atoms with Gasteiger partial charge in [0.15, 0.2) is 0 Å². The second kappa shape index (κ2) is 9.53. The standard InChI is InChI=1S/C28H24ClN3O4/c1-18-23(16-27(33)31(35)17-30-14-13-19-5-3-4-6-25(19)30)24-15-22(36-2)11-12-26(24)32(18)28(34)20-7-9-21(29)10-8-20/h3-15,35H,16-17H2,1-2H3. The third-order valence-corrected chi connectivity index (χ3v) is 6.67. The zero-order chi connectivity index (χ0) is 25.4. The van der Waals surface area contributed by atoms with E-state index >= 15 is 0 Å². The van der Waals surface area contributed by atoms with Crippen molar-refractivity contribution in [3.8, 4) is 5.75 Å². The number of benzene rings is 3. The summed E-state index contributed by atoms with van der Waals surface area (Å²) < 4.78 is 8.78. The summed E-state index contributed by atoms with van der Waals surface area (Å²) in [7, 11) is 1.56. The highest BCUT2D eigenvalue weighted by atomic mass is 35.5. The third-order valence-electron chi connectivity index (χ3n) is 6.42. The van der Waals surface area contributed by atoms with Gasteiger partial charge in [-0.1, -0.05) is 29.8 Å². The van der Waals surface area contributed by atoms with Crippen LogP contribution in [0, 0.1) is 6.92 Å². The minimum atomic E-state index is -0.489. The average molecular weight is 502 g/mol. The molecule has 0 aliphatic rings. The Bertz CT molecular complexity index is 1600. The molecule has 0 unspecified atom stereocenters. The van der Waals surface area contributed by atoms with E-state index in [1.807, 2.05) is 36.5 Å². The molecule has 3 aromatic carbocycles. The number of methoxy groups -OCH3 is 1. The smallest absolute Gasteiger partial charge is 0.262 e. The average Bonchev–Trinajstić information content (AvgIpc) is 3.42. The Hall–Kier alpha value is -4.07. The Kier molecular flexibility index (Phi) is 6.26. The first-order chi connectivity index (χ1) is 17.4. The van der Waals surface area contributed by atoms with Gasteiger partial charge >= 0.3 is 0 Å². The fraction of sp³-hybridized carbons (Fsp3) is 0.143. The van der Waals surface area contributed by atoms with Crippen molar-refractivity contribution in [3.05, 3.63) is 101 Å². The predicted molar refractivity (Wildman–Crippen MR) is 139 cm³/mol. The van der Waals surface area contributed by atoms with Crippen molar-refractivity contribution in [2.45, 2.75) is 20.0 Å². The second-order valence-corrected chi connectivity index (χ2v) is 8.99. The fourth-order valence-corrected chi connectivity index (χ4v) is 4.65. The maximum absolute atomic E-state index is 13.5. The summed E-state index contributed by atoms with van der Waals surface area (Å²) in [5.41, 5.74) is 3.29. The van der Waals surface area contributed by atoms with Gasteiger partial charge in [-0.05, 0) is 72.5 Å². The molecule has 0 saturated heterocycles. The van der Waals surface area contributed by atoms with E-state index in [0.717, 1.165) is 10.9 Å². The lowest BCUT2D eigenvalue weighted by Crippen LogP contribution is -2.31. The van der Waals surface area contributed by atoms with Gasteiger partial charge in [-0.2, -0.15) is 0 Å². The monoisotopic (exact) mass is 501 g/mol. The van der Waals surface area contributed by atoms with E-state index < -0.39 is 5.91 Å². The molecule has 8 heteroatoms. The first-order valence-corrected chi connectivity index (χ1v) is 11.8. The molecule has 0 atom stereocenters. The van der Waals surface area contributed by atoms with Crippen LogP contribution in [0.1, 0.15) is 21.6 Å². The van der Waals surface area contributed by atoms with Gasteiger partial charge in [0, 0.05) is 33.4 Å². The Balaban J connectivity index is 1.50. The molecular formula is C28H24ClN3O4. The second-order valence-electron chi connectivity index (χ2n) is 8.55. The van der Waals surface area contributed by atoms with Crippen LogP contribution in [-0.2, 0) is 17.9 Å². The summed E-state index contributed by atoms with van der Waals surface area (Å²) in [5.74, 6) is -0.124. The van der Waals surface area contributed by atoms with Crippen LogP contribution in [0.4, 0.5) is 0 Å². The molecular weight excluding hydrogens is 478 g/mol. The van der Waals surface area contributed by atoms with Crippen LogP contribution in [0.2, 0.25) is 5.02 Å². The number of rotatable bonds is 6. The Morgan fingerprint density at radius 1 is 1.00 bits per heavy atom. The van der Waals surface area contributed by atoms with E-state index in [1.165, 1.54) is 0 Å². The van der Waals surface area contributed by atoms with Gasteiger partial charge in [0.1, 0.15) is 12.4 Å². The van der Waals surface area contributed by atoms with Gasteiger partial charge < -0.3 is 9.30 Å². The predicted octanol–water partition coefficient (Wildman–Crippen LogP) is 5.67. The maximum Gasteiger partial charge on any atom is 0.262 e. The molecule has 0 aliphatic heterocycles. The van der Waals surface area contributed by atoms with Crippen molar-refractivity contribution in [3.63, 3.8) is 0 Å². The van der Waals surface area contributed by atoms with Gasteiger partial charge in [0.25, 0.3) is 11.8 Å². The normalized spacial score (nSPS) is 11.2. The van der Waals surface area contributed by atoms with Gasteiger partial charge in [-0.25, -0.2) is 5.06 Å². The van der Waals surface area contributed by atoms with E-state index in [9.17, 15) is 14.8 Å². The van der Waals surface area contributed by atoms with Crippen molar-refractivity contribution in [1.82, 2.24) is 14.2 Å². The summed E-state index contributed by atoms with van der Waals surface area (Å²) in [4.78, 5) is 26.6. The number of carbonyl (C=O) groups excluding carboxylic acids is 2. The summed E-state index contributed by atoms with van der Waals surface area (Å²) >= 11 is 6.00. The number of fused-ring (bicyclic) bond motifs is 2. The van der Waals surface area contributed by atoms with Crippen LogP contribution in [0.5, 0.6) is 5.75 Å². The maximum atomic E-state index is 13.5. The highest BCUT2D eigenvalue weighted by Gasteiger charge is 2.24. The lowest BCUT2D eigenvalue weighted by Gasteiger charge is -2.17. The Morgan fingerprint density at radius 2 is 1.75 bits per heavy atom. The first kappa shape index (κ1) is 23.7. The number of aromatic nitrogens is 2. The molecule has 182 valence electrons. The fourth-order valence-electron chi connectivity index (χ4n) is 4.53. The number of hydrogen-bond acceptors (Lipinski definition) is 4. The molecule has 5 aromatic rings. The number of carbonyl (C=O) groups is 2. The minimum absolute atomic E-state index is 0.0168. The van der Waals surface area contributed by atoms with Crippen molar-refractivity contribution < 1.29 is 19.5 Å². The van der Waals surface area contributed by atoms with Crippen molar-refractivity contribution >= 4 is 45.2 Å². The molecule has 1 N–H and O–H groups in total. The molecule has 7 nitrogen and oxygen atoms in total. The Labute approximate surface area is 212 Å². The number of ether oxygens (including phenoxy) is 1. The summed E-state index contributed by atoms with van der Waals surface area (Å²) in [5, 5.41) is 13.6. The van der Waals surface area contributed by atoms with Crippen molar-refractivity contribution in [1.29, 1.82) is 0 Å². The molecule has 36 heavy (non-hydrogen) atoms. The van der Waals surface area contributed by atoms with Crippen LogP contribution in [0.3, 0.4) is 0 Å². The number of halogens is 1. The van der Waals surface area contributed by atoms with Crippen molar-refractivity contribution in [2.75, 3.05) is 7.11 Å². The third kappa shape index (κ3) is 4.23. The van der Waals surface area contributed by atoms with Crippen LogP contribution in [0.15, 0.2) is 79.0 Å². The van der Waals surface area contributed by atoms with Crippen LogP contribution < -0.4 is 4.74 Å². The van der Waals surface area contributed by atoms with Gasteiger partial charge in [0.05, 0.1) is 19.0 Å². The van der Waals surface area contributed by atoms with Gasteiger partial charge in [-0.3, -0.25) is 19.4 Å². The molecule has 1 amide bonds. The zero-order valence-electron chi connectivity index (χ0n) is 19.8. The van der Waals surface area contributed by atoms with E-state index in [4.69, 9.17) is 16.3 Å². The van der Waals surface area contributed by atoms with Gasteiger partial charge in [0.2, 0.25) is 0 Å². The van der Waals surface area contributed by atoms with Crippen molar-refractivity contribution in [2.24, 2.45) is 0 Å². The van der Waals surface area contributed by atoms with E-state index in [-0.39, 0.29) is 19.0 Å². The molecule has 5 rings (SSSR count). The first-order valence-electron chi connectivity index (χ1n) is 11.4. The zero-order valence-corrected chi connectivity index (χ0v) is 20.6. The molecule has 0 bridgehead atoms. The number of amides is 1. The van der Waals surface area contributed by atoms with E-state index in [1.54, 1.807) is 65.6 Å². The van der Waals surface area contributed by atoms with Crippen LogP contribution >= 0.6 is 11.6 Å². The summed E-state index contributed by atoms with van der Waals surface area (Å²) in [6.07, 6.45) is 1.74. The molecule has 0 radical (unpaired) electrons. The lowest BCUT2D eigenvalue weighted by atomic mass is 10.1. The molecule has 0 aliphatic carbocycles. The highest BCUT2D eigenvalue weighted by Crippen LogP contribution is 2.31. The summed E-state index contributed by atoms with van der Waals surface area (Å²) in [6.45, 7) is 1.78. The molecule has 0 fully saturated rings. The summed E-state index contributed by atoms with van der Waals surface area (Å²) in [6, 6.07) is 21.7. The lowest BCUT2D eigenvalue weighted by molar-refractivity contribution is -0.171. The number of para-hydroxylation sites is 1. The molecule has 0 spiro atoms. The molecule has 2 aromatic heterocycles. The number of hydroxylamine groups is 2. The molecule has 2 heterocycles. The SMILES string of the molecule is COc1ccc2c(c1)c(CC(=O)N(O)Cn1ccc3ccccc31)c(C)n2C(=O)c1ccc(Cl)cc1. The highest BCUT2D eigenvalue weighted by molar-refractivity contribution is 6.30.